The average Bonchev–Trinajstić information content (AvgIpc) is 3.43. The minimum absolute atomic E-state index is 0. The van der Waals surface area contributed by atoms with Crippen LogP contribution in [0.1, 0.15) is 25.7 Å². The zero-order valence-electron chi connectivity index (χ0n) is 47.7. The third-order valence-electron chi connectivity index (χ3n) is 8.74. The van der Waals surface area contributed by atoms with Gasteiger partial charge in [-0.25, -0.2) is 0 Å². The molecule has 0 fully saturated rings. The Kier molecular flexibility index (Phi) is 91.2. The van der Waals surface area contributed by atoms with Crippen molar-refractivity contribution in [2.45, 2.75) is 148 Å². The first-order chi connectivity index (χ1) is 39.8. The topological polar surface area (TPSA) is 990 Å². The van der Waals surface area contributed by atoms with Crippen molar-refractivity contribution in [3.05, 3.63) is 0 Å². The molecule has 0 aliphatic rings. The van der Waals surface area contributed by atoms with Crippen LogP contribution in [0.5, 0.6) is 0 Å². The standard InChI is InChI=1S/4C6H12O7.4C4H7NO4.2Cu.Mg.3Zn/c4*7-1-2(8)3(9)4(10)5(11)6(12)13;4*5-2(4(8)9)1-3(6)7;;;;;;/h4*2-5,7-11H,1H2,(H,12,13);4*2H,1,5H2,(H,6,7)(H,8,9);;;;;;/q;;;;;;;;6*+2/p-12/t4*2-,3-,4+,5-;4*2-;;;;;;/m11110000....../s1. The Labute approximate surface area is 601 Å². The van der Waals surface area contributed by atoms with E-state index in [4.69, 9.17) is 125 Å². The van der Waals surface area contributed by atoms with Crippen molar-refractivity contribution in [3.63, 3.8) is 0 Å². The zero-order valence-corrected chi connectivity index (χ0v) is 59.9. The molecule has 20 atom stereocenters. The second-order valence-corrected chi connectivity index (χ2v) is 16.0. The largest absolute Gasteiger partial charge is 2.00 e. The van der Waals surface area contributed by atoms with Crippen LogP contribution in [0.4, 0.5) is 0 Å². The van der Waals surface area contributed by atoms with Crippen LogP contribution in [-0.2, 0) is 150 Å². The summed E-state index contributed by atoms with van der Waals surface area (Å²) in [6.45, 7) is -3.45. The van der Waals surface area contributed by atoms with E-state index in [9.17, 15) is 119 Å². The molecule has 28 N–H and O–H groups in total. The van der Waals surface area contributed by atoms with Gasteiger partial charge in [-0.3, -0.25) is 0 Å². The van der Waals surface area contributed by atoms with Gasteiger partial charge >= 0.3 is 116 Å². The number of carboxylic acid groups (broad SMARTS) is 12. The van der Waals surface area contributed by atoms with Crippen molar-refractivity contribution >= 4 is 94.7 Å². The summed E-state index contributed by atoms with van der Waals surface area (Å²) in [5.74, 6) is -20.2. The van der Waals surface area contributed by atoms with E-state index in [1.807, 2.05) is 0 Å². The summed E-state index contributed by atoms with van der Waals surface area (Å²) in [5.41, 5.74) is 18.9. The monoisotopic (exact) mass is 1650 g/mol. The quantitative estimate of drug-likeness (QED) is 0.0278. The van der Waals surface area contributed by atoms with Crippen molar-refractivity contribution < 1.29 is 314 Å². The average molecular weight is 1650 g/mol. The molecule has 0 heterocycles. The van der Waals surface area contributed by atoms with Crippen LogP contribution in [0.25, 0.3) is 0 Å². The molecule has 0 aromatic rings. The van der Waals surface area contributed by atoms with Crippen molar-refractivity contribution in [1.29, 1.82) is 0 Å². The summed E-state index contributed by atoms with van der Waals surface area (Å²) in [5, 5.41) is 291. The minimum atomic E-state index is -2.31. The van der Waals surface area contributed by atoms with Crippen LogP contribution in [-0.4, -0.2) is 345 Å². The number of carboxylic acids is 12. The fourth-order valence-electron chi connectivity index (χ4n) is 3.70. The van der Waals surface area contributed by atoms with Crippen LogP contribution < -0.4 is 84.2 Å². The third-order valence-corrected chi connectivity index (χ3v) is 8.74. The molecule has 0 bridgehead atoms. The SMILES string of the molecule is N[C@@H](CC(=O)[O-])C(=O)[O-].N[C@@H](CC(=O)[O-])C(=O)[O-].N[C@@H](CC(=O)[O-])C(=O)[O-].N[C@@H](CC(=O)[O-])C(=O)[O-].O=C([O-])[C@H](O)[C@@H](O)[C@H](O)[C@H](O)CO.O=C([O-])[C@H](O)[C@@H](O)[C@H](O)[C@H](O)CO.O=C([O-])[C@H](O)[C@@H](O)[C@H](O)[C@H](O)CO.O=C([O-])[C@H](O)[C@@H](O)[C@H](O)[C@H](O)CO.[Cu+2].[Cu+2].[Mg+2].[Zn+2].[Zn+2].[Zn+2]. The molecule has 0 amide bonds. The summed E-state index contributed by atoms with van der Waals surface area (Å²) in [6, 6.07) is -5.85. The summed E-state index contributed by atoms with van der Waals surface area (Å²) in [6.07, 6.45) is -35.1. The van der Waals surface area contributed by atoms with Gasteiger partial charge in [0, 0.05) is 73.7 Å². The normalized spacial score (nSPS) is 16.1. The van der Waals surface area contributed by atoms with Gasteiger partial charge in [0.05, 0.1) is 74.2 Å². The van der Waals surface area contributed by atoms with E-state index in [1.54, 1.807) is 0 Å². The first-order valence-electron chi connectivity index (χ1n) is 22.6. The molecule has 0 aromatic carbocycles. The molecule has 0 saturated carbocycles. The number of carbonyl (C=O) groups is 12. The molecule has 0 aromatic heterocycles. The van der Waals surface area contributed by atoms with Crippen molar-refractivity contribution in [1.82, 2.24) is 0 Å². The molecule has 54 heteroatoms. The Morgan fingerprint density at radius 3 is 0.404 bits per heavy atom. The number of aliphatic hydroxyl groups is 20. The van der Waals surface area contributed by atoms with E-state index < -0.39 is 246 Å². The number of rotatable bonds is 32. The molecular formula is C40H64Cu2MgN4O44Zn3. The number of carbonyl (C=O) groups excluding carboxylic acids is 12. The predicted octanol–water partition coefficient (Wildman–Crippen LogP) is -34.9. The predicted molar refractivity (Wildman–Crippen MR) is 241 cm³/mol. The van der Waals surface area contributed by atoms with Gasteiger partial charge in [0.25, 0.3) is 0 Å². The molecular weight excluding hydrogens is 1590 g/mol. The van der Waals surface area contributed by atoms with Crippen molar-refractivity contribution in [3.8, 4) is 0 Å². The number of aliphatic carboxylic acids is 12. The van der Waals surface area contributed by atoms with Crippen LogP contribution in [0, 0.1) is 0 Å². The van der Waals surface area contributed by atoms with Crippen LogP contribution in [0.3, 0.4) is 0 Å². The molecule has 0 unspecified atom stereocenters. The molecule has 48 nitrogen and oxygen atoms in total. The Morgan fingerprint density at radius 1 is 0.245 bits per heavy atom. The molecule has 0 aliphatic carbocycles. The van der Waals surface area contributed by atoms with E-state index in [1.165, 1.54) is 0 Å². The van der Waals surface area contributed by atoms with Gasteiger partial charge in [-0.15, -0.1) is 0 Å². The molecule has 0 rings (SSSR count). The second kappa shape index (κ2) is 69.3. The number of nitrogens with two attached hydrogens (primary N) is 4. The zero-order chi connectivity index (χ0) is 72.1. The Balaban J connectivity index is -0.0000000646. The van der Waals surface area contributed by atoms with Gasteiger partial charge in [0.15, 0.2) is 0 Å². The molecule has 0 spiro atoms. The van der Waals surface area contributed by atoms with E-state index in [2.05, 4.69) is 0 Å². The second-order valence-electron chi connectivity index (χ2n) is 16.0. The van der Waals surface area contributed by atoms with Gasteiger partial charge in [-0.05, 0) is 0 Å². The smallest absolute Gasteiger partial charge is 0.550 e. The van der Waals surface area contributed by atoms with E-state index in [0.29, 0.717) is 0 Å². The molecule has 538 valence electrons. The van der Waals surface area contributed by atoms with Crippen LogP contribution >= 0.6 is 0 Å². The first-order valence-corrected chi connectivity index (χ1v) is 22.6. The maximum absolute atomic E-state index is 9.98. The van der Waals surface area contributed by atoms with Crippen LogP contribution in [0.15, 0.2) is 0 Å². The van der Waals surface area contributed by atoms with Gasteiger partial charge < -0.3 is 244 Å². The van der Waals surface area contributed by atoms with Gasteiger partial charge in [-0.1, -0.05) is 0 Å². The fourth-order valence-corrected chi connectivity index (χ4v) is 3.70. The fraction of sp³-hybridized carbons (Fsp3) is 0.700. The Bertz CT molecular complexity index is 1820. The maximum atomic E-state index is 9.98. The third kappa shape index (κ3) is 66.9. The summed E-state index contributed by atoms with van der Waals surface area (Å²) < 4.78 is 0. The molecule has 94 heavy (non-hydrogen) atoms. The number of aliphatic hydroxyl groups excluding tert-OH is 20. The summed E-state index contributed by atoms with van der Waals surface area (Å²) in [7, 11) is 0. The number of hydrogen-bond acceptors (Lipinski definition) is 48. The molecule has 0 saturated heterocycles. The van der Waals surface area contributed by atoms with Crippen molar-refractivity contribution in [2.24, 2.45) is 22.9 Å². The van der Waals surface area contributed by atoms with Gasteiger partial charge in [0.2, 0.25) is 0 Å². The van der Waals surface area contributed by atoms with E-state index in [-0.39, 0.29) is 116 Å². The number of hydrogen-bond donors (Lipinski definition) is 24. The first kappa shape index (κ1) is 124. The molecule has 2 radical (unpaired) electrons. The summed E-state index contributed by atoms with van der Waals surface area (Å²) >= 11 is 0. The Morgan fingerprint density at radius 2 is 0.351 bits per heavy atom. The molecule has 0 aliphatic heterocycles. The van der Waals surface area contributed by atoms with E-state index >= 15 is 0 Å². The van der Waals surface area contributed by atoms with Crippen LogP contribution in [0.2, 0.25) is 0 Å². The minimum Gasteiger partial charge on any atom is -0.550 e. The van der Waals surface area contributed by atoms with Crippen molar-refractivity contribution in [2.75, 3.05) is 26.4 Å². The van der Waals surface area contributed by atoms with Gasteiger partial charge in [0.1, 0.15) is 97.7 Å². The summed E-state index contributed by atoms with van der Waals surface area (Å²) in [4.78, 5) is 117. The maximum Gasteiger partial charge on any atom is 2.00 e. The Hall–Kier alpha value is -3.64. The van der Waals surface area contributed by atoms with Gasteiger partial charge in [-0.2, -0.15) is 0 Å². The van der Waals surface area contributed by atoms with E-state index in [0.717, 1.165) is 0 Å².